The van der Waals surface area contributed by atoms with Gasteiger partial charge in [-0.2, -0.15) is 0 Å². The van der Waals surface area contributed by atoms with Gasteiger partial charge in [0.1, 0.15) is 5.82 Å². The lowest BCUT2D eigenvalue weighted by molar-refractivity contribution is 0.0867. The molecule has 2 rings (SSSR count). The highest BCUT2D eigenvalue weighted by molar-refractivity contribution is 9.10. The number of hydrogen-bond acceptors (Lipinski definition) is 3. The van der Waals surface area contributed by atoms with Crippen LogP contribution in [0.2, 0.25) is 0 Å². The molecule has 4 nitrogen and oxygen atoms in total. The highest BCUT2D eigenvalue weighted by Gasteiger charge is 2.33. The fourth-order valence-electron chi connectivity index (χ4n) is 2.71. The summed E-state index contributed by atoms with van der Waals surface area (Å²) in [4.78, 5) is 0.00722. The smallest absolute Gasteiger partial charge is 0.241 e. The van der Waals surface area contributed by atoms with Crippen molar-refractivity contribution < 1.29 is 17.9 Å². The molecule has 1 aromatic carbocycles. The molecule has 7 heteroatoms. The van der Waals surface area contributed by atoms with Crippen LogP contribution < -0.4 is 4.72 Å². The van der Waals surface area contributed by atoms with E-state index < -0.39 is 15.8 Å². The second kappa shape index (κ2) is 6.73. The minimum atomic E-state index is -3.73. The van der Waals surface area contributed by atoms with Crippen LogP contribution in [-0.4, -0.2) is 26.7 Å². The Balaban J connectivity index is 2.13. The van der Waals surface area contributed by atoms with E-state index in [1.54, 1.807) is 0 Å². The number of nitrogens with one attached hydrogen (secondary N) is 1. The van der Waals surface area contributed by atoms with Crippen LogP contribution in [0.1, 0.15) is 32.1 Å². The summed E-state index contributed by atoms with van der Waals surface area (Å²) in [5.41, 5.74) is -0.377. The minimum Gasteiger partial charge on any atom is -0.396 e. The first-order valence-corrected chi connectivity index (χ1v) is 9.22. The number of sulfonamides is 1. The fourth-order valence-corrected chi connectivity index (χ4v) is 4.92. The molecule has 0 unspecified atom stereocenters. The van der Waals surface area contributed by atoms with E-state index in [2.05, 4.69) is 20.7 Å². The van der Waals surface area contributed by atoms with E-state index in [9.17, 15) is 17.9 Å². The minimum absolute atomic E-state index is 0.00722. The maximum absolute atomic E-state index is 13.0. The monoisotopic (exact) mass is 379 g/mol. The average molecular weight is 380 g/mol. The Morgan fingerprint density at radius 2 is 1.95 bits per heavy atom. The average Bonchev–Trinajstić information content (AvgIpc) is 2.46. The fraction of sp³-hybridized carbons (Fsp3) is 0.571. The lowest BCUT2D eigenvalue weighted by atomic mass is 9.75. The Morgan fingerprint density at radius 3 is 2.52 bits per heavy atom. The molecular formula is C14H19BrFNO3S. The number of rotatable bonds is 5. The van der Waals surface area contributed by atoms with Gasteiger partial charge < -0.3 is 5.11 Å². The lowest BCUT2D eigenvalue weighted by Crippen LogP contribution is -2.41. The van der Waals surface area contributed by atoms with Crippen molar-refractivity contribution in [3.8, 4) is 0 Å². The molecule has 0 aromatic heterocycles. The summed E-state index contributed by atoms with van der Waals surface area (Å²) in [7, 11) is -3.73. The SMILES string of the molecule is O=S(=O)(NCC1(CO)CCCCC1)c1ccc(F)cc1Br. The topological polar surface area (TPSA) is 66.4 Å². The highest BCUT2D eigenvalue weighted by Crippen LogP contribution is 2.35. The maximum Gasteiger partial charge on any atom is 0.241 e. The molecule has 1 fully saturated rings. The van der Waals surface area contributed by atoms with Gasteiger partial charge in [-0.05, 0) is 47.0 Å². The molecule has 0 bridgehead atoms. The second-order valence-electron chi connectivity index (χ2n) is 5.62. The molecule has 1 saturated carbocycles. The van der Waals surface area contributed by atoms with E-state index in [0.29, 0.717) is 0 Å². The summed E-state index contributed by atoms with van der Waals surface area (Å²) >= 11 is 3.07. The van der Waals surface area contributed by atoms with Gasteiger partial charge in [-0.25, -0.2) is 17.5 Å². The molecule has 1 aliphatic rings. The maximum atomic E-state index is 13.0. The molecule has 0 heterocycles. The van der Waals surface area contributed by atoms with E-state index in [0.717, 1.165) is 44.2 Å². The summed E-state index contributed by atoms with van der Waals surface area (Å²) in [6.07, 6.45) is 4.76. The Bertz CT molecular complexity index is 600. The van der Waals surface area contributed by atoms with Crippen molar-refractivity contribution >= 4 is 26.0 Å². The first-order valence-electron chi connectivity index (χ1n) is 6.94. The Hall–Kier alpha value is -0.500. The van der Waals surface area contributed by atoms with Gasteiger partial charge >= 0.3 is 0 Å². The zero-order valence-corrected chi connectivity index (χ0v) is 14.0. The normalized spacial score (nSPS) is 18.6. The van der Waals surface area contributed by atoms with Crippen LogP contribution in [0.15, 0.2) is 27.6 Å². The van der Waals surface area contributed by atoms with Crippen LogP contribution in [0.4, 0.5) is 4.39 Å². The van der Waals surface area contributed by atoms with Crippen molar-refractivity contribution in [1.82, 2.24) is 4.72 Å². The molecule has 0 aliphatic heterocycles. The van der Waals surface area contributed by atoms with Gasteiger partial charge in [0, 0.05) is 23.0 Å². The number of benzene rings is 1. The van der Waals surface area contributed by atoms with Crippen molar-refractivity contribution in [2.45, 2.75) is 37.0 Å². The van der Waals surface area contributed by atoms with E-state index in [1.807, 2.05) is 0 Å². The number of halogens is 2. The van der Waals surface area contributed by atoms with Crippen LogP contribution in [0.3, 0.4) is 0 Å². The van der Waals surface area contributed by atoms with Crippen molar-refractivity contribution in [2.24, 2.45) is 5.41 Å². The molecule has 1 aromatic rings. The second-order valence-corrected chi connectivity index (χ2v) is 8.21. The predicted molar refractivity (Wildman–Crippen MR) is 81.9 cm³/mol. The van der Waals surface area contributed by atoms with E-state index >= 15 is 0 Å². The predicted octanol–water partition coefficient (Wildman–Crippen LogP) is 2.81. The first kappa shape index (κ1) is 16.9. The standard InChI is InChI=1S/C14H19BrFNO3S/c15-12-8-11(16)4-5-13(12)21(19,20)17-9-14(10-18)6-2-1-3-7-14/h4-5,8,17-18H,1-3,6-7,9-10H2. The largest absolute Gasteiger partial charge is 0.396 e. The molecule has 0 radical (unpaired) electrons. The third-order valence-corrected chi connectivity index (χ3v) is 6.45. The third kappa shape index (κ3) is 4.03. The Morgan fingerprint density at radius 1 is 1.29 bits per heavy atom. The van der Waals surface area contributed by atoms with E-state index in [-0.39, 0.29) is 27.9 Å². The molecule has 118 valence electrons. The summed E-state index contributed by atoms with van der Waals surface area (Å²) in [6.45, 7) is 0.176. The van der Waals surface area contributed by atoms with Gasteiger partial charge in [0.25, 0.3) is 0 Å². The molecule has 2 N–H and O–H groups in total. The van der Waals surface area contributed by atoms with Crippen LogP contribution in [0, 0.1) is 11.2 Å². The molecule has 1 aliphatic carbocycles. The zero-order chi connectivity index (χ0) is 15.5. The summed E-state index contributed by atoms with van der Waals surface area (Å²) in [6, 6.07) is 3.47. The molecule has 0 atom stereocenters. The first-order chi connectivity index (χ1) is 9.88. The number of hydrogen-bond donors (Lipinski definition) is 2. The van der Waals surface area contributed by atoms with Gasteiger partial charge in [-0.15, -0.1) is 0 Å². The molecular weight excluding hydrogens is 361 g/mol. The van der Waals surface area contributed by atoms with Crippen molar-refractivity contribution in [3.05, 3.63) is 28.5 Å². The summed E-state index contributed by atoms with van der Waals surface area (Å²) in [5, 5.41) is 9.61. The van der Waals surface area contributed by atoms with Gasteiger partial charge in [0.15, 0.2) is 0 Å². The lowest BCUT2D eigenvalue weighted by Gasteiger charge is -2.35. The summed E-state index contributed by atoms with van der Waals surface area (Å²) < 4.78 is 40.4. The van der Waals surface area contributed by atoms with Crippen LogP contribution in [0.25, 0.3) is 0 Å². The Kier molecular flexibility index (Phi) is 5.40. The number of aliphatic hydroxyl groups excluding tert-OH is 1. The van der Waals surface area contributed by atoms with Crippen molar-refractivity contribution in [2.75, 3.05) is 13.2 Å². The summed E-state index contributed by atoms with van der Waals surface area (Å²) in [5.74, 6) is -0.500. The van der Waals surface area contributed by atoms with Crippen molar-refractivity contribution in [1.29, 1.82) is 0 Å². The molecule has 0 spiro atoms. The van der Waals surface area contributed by atoms with Crippen LogP contribution in [0.5, 0.6) is 0 Å². The van der Waals surface area contributed by atoms with Gasteiger partial charge in [0.05, 0.1) is 4.90 Å². The third-order valence-electron chi connectivity index (χ3n) is 4.07. The van der Waals surface area contributed by atoms with E-state index in [1.165, 1.54) is 6.07 Å². The van der Waals surface area contributed by atoms with Gasteiger partial charge in [-0.1, -0.05) is 19.3 Å². The van der Waals surface area contributed by atoms with Crippen molar-refractivity contribution in [3.63, 3.8) is 0 Å². The van der Waals surface area contributed by atoms with Crippen LogP contribution in [-0.2, 0) is 10.0 Å². The Labute approximate surface area is 132 Å². The molecule has 0 amide bonds. The molecule has 21 heavy (non-hydrogen) atoms. The molecule has 0 saturated heterocycles. The van der Waals surface area contributed by atoms with Gasteiger partial charge in [-0.3, -0.25) is 0 Å². The van der Waals surface area contributed by atoms with Gasteiger partial charge in [0.2, 0.25) is 10.0 Å². The quantitative estimate of drug-likeness (QED) is 0.826. The zero-order valence-electron chi connectivity index (χ0n) is 11.6. The highest BCUT2D eigenvalue weighted by atomic mass is 79.9. The van der Waals surface area contributed by atoms with Crippen LogP contribution >= 0.6 is 15.9 Å². The number of aliphatic hydroxyl groups is 1. The van der Waals surface area contributed by atoms with E-state index in [4.69, 9.17) is 0 Å².